The van der Waals surface area contributed by atoms with Crippen molar-refractivity contribution in [3.63, 3.8) is 0 Å². The molecule has 2 aromatic rings. The highest BCUT2D eigenvalue weighted by atomic mass is 79.9. The molecule has 2 atom stereocenters. The second kappa shape index (κ2) is 5.05. The molecule has 1 aliphatic heterocycles. The molecule has 0 spiro atoms. The number of carbonyl (C=O) groups is 1. The van der Waals surface area contributed by atoms with Gasteiger partial charge in [-0.05, 0) is 30.0 Å². The molecule has 2 aliphatic rings. The van der Waals surface area contributed by atoms with Crippen LogP contribution in [0.5, 0.6) is 0 Å². The van der Waals surface area contributed by atoms with Gasteiger partial charge in [-0.2, -0.15) is 10.1 Å². The molecule has 22 heavy (non-hydrogen) atoms. The lowest BCUT2D eigenvalue weighted by atomic mass is 9.81. The number of ketones is 1. The van der Waals surface area contributed by atoms with Gasteiger partial charge < -0.3 is 5.32 Å². The Hall–Kier alpha value is -1.95. The van der Waals surface area contributed by atoms with Gasteiger partial charge in [-0.1, -0.05) is 35.0 Å². The van der Waals surface area contributed by atoms with Crippen molar-refractivity contribution in [1.29, 1.82) is 0 Å². The summed E-state index contributed by atoms with van der Waals surface area (Å²) >= 11 is 3.51. The third-order valence-corrected chi connectivity index (χ3v) is 4.72. The number of anilines is 1. The number of carbonyl (C=O) groups excluding carboxylic acids is 1. The minimum absolute atomic E-state index is 0.201. The van der Waals surface area contributed by atoms with E-state index in [1.807, 2.05) is 24.3 Å². The van der Waals surface area contributed by atoms with Gasteiger partial charge in [0.2, 0.25) is 5.95 Å². The van der Waals surface area contributed by atoms with Crippen LogP contribution in [0.1, 0.15) is 31.4 Å². The third-order valence-electron chi connectivity index (χ3n) is 4.23. The van der Waals surface area contributed by atoms with Gasteiger partial charge in [0.15, 0.2) is 5.78 Å². The van der Waals surface area contributed by atoms with Gasteiger partial charge in [-0.25, -0.2) is 4.68 Å². The lowest BCUT2D eigenvalue weighted by Crippen LogP contribution is -2.33. The van der Waals surface area contributed by atoms with Gasteiger partial charge in [0.1, 0.15) is 12.4 Å². The minimum atomic E-state index is -0.203. The zero-order valence-electron chi connectivity index (χ0n) is 12.1. The number of rotatable bonds is 1. The molecule has 0 amide bonds. The second-order valence-electron chi connectivity index (χ2n) is 5.94. The fourth-order valence-electron chi connectivity index (χ4n) is 3.33. The van der Waals surface area contributed by atoms with Crippen LogP contribution >= 0.6 is 15.9 Å². The van der Waals surface area contributed by atoms with Crippen LogP contribution in [-0.2, 0) is 4.79 Å². The maximum absolute atomic E-state index is 12.7. The van der Waals surface area contributed by atoms with Crippen LogP contribution in [-0.4, -0.2) is 20.5 Å². The van der Waals surface area contributed by atoms with Crippen molar-refractivity contribution >= 4 is 27.7 Å². The molecule has 1 aromatic carbocycles. The SMILES string of the molecule is C[C@H]1CC(=O)C2=C(C1)Nc1ncnn1[C@H]2c1cccc(Br)c1. The summed E-state index contributed by atoms with van der Waals surface area (Å²) in [4.78, 5) is 16.9. The Bertz CT molecular complexity index is 795. The van der Waals surface area contributed by atoms with Gasteiger partial charge >= 0.3 is 0 Å². The molecule has 6 heteroatoms. The number of aromatic nitrogens is 3. The third kappa shape index (κ3) is 2.09. The largest absolute Gasteiger partial charge is 0.328 e. The van der Waals surface area contributed by atoms with Gasteiger partial charge in [0.05, 0.1) is 0 Å². The summed E-state index contributed by atoms with van der Waals surface area (Å²) in [7, 11) is 0. The highest BCUT2D eigenvalue weighted by molar-refractivity contribution is 9.10. The molecule has 2 heterocycles. The van der Waals surface area contributed by atoms with Gasteiger partial charge in [-0.3, -0.25) is 4.79 Å². The standard InChI is InChI=1S/C16H15BrN4O/c1-9-5-12-14(13(22)6-9)15(10-3-2-4-11(17)7-10)21-16(20-12)18-8-19-21/h2-4,7-9,15H,5-6H2,1H3,(H,18,19,20)/t9-,15+/m1/s1. The number of hydrogen-bond donors (Lipinski definition) is 1. The van der Waals surface area contributed by atoms with E-state index in [-0.39, 0.29) is 11.8 Å². The molecule has 1 N–H and O–H groups in total. The molecule has 4 rings (SSSR count). The highest BCUT2D eigenvalue weighted by Gasteiger charge is 2.37. The predicted octanol–water partition coefficient (Wildman–Crippen LogP) is 3.31. The molecular formula is C16H15BrN4O. The Labute approximate surface area is 136 Å². The first-order valence-electron chi connectivity index (χ1n) is 7.31. The Morgan fingerprint density at radius 1 is 1.36 bits per heavy atom. The summed E-state index contributed by atoms with van der Waals surface area (Å²) in [5, 5.41) is 7.62. The summed E-state index contributed by atoms with van der Waals surface area (Å²) in [5.41, 5.74) is 2.86. The molecule has 112 valence electrons. The van der Waals surface area contributed by atoms with Crippen LogP contribution < -0.4 is 5.32 Å². The molecule has 1 aromatic heterocycles. The maximum atomic E-state index is 12.7. The maximum Gasteiger partial charge on any atom is 0.226 e. The smallest absolute Gasteiger partial charge is 0.226 e. The number of Topliss-reactive ketones (excluding diaryl/α,β-unsaturated/α-hetero) is 1. The van der Waals surface area contributed by atoms with E-state index in [1.165, 1.54) is 6.33 Å². The van der Waals surface area contributed by atoms with Crippen molar-refractivity contribution in [2.45, 2.75) is 25.8 Å². The molecular weight excluding hydrogens is 344 g/mol. The average Bonchev–Trinajstić information content (AvgIpc) is 2.92. The summed E-state index contributed by atoms with van der Waals surface area (Å²) in [6.07, 6.45) is 2.99. The topological polar surface area (TPSA) is 59.8 Å². The van der Waals surface area contributed by atoms with Crippen LogP contribution in [0.15, 0.2) is 46.3 Å². The lowest BCUT2D eigenvalue weighted by Gasteiger charge is -2.34. The molecule has 0 saturated carbocycles. The summed E-state index contributed by atoms with van der Waals surface area (Å²) in [6.45, 7) is 2.11. The zero-order chi connectivity index (χ0) is 15.3. The quantitative estimate of drug-likeness (QED) is 0.849. The van der Waals surface area contributed by atoms with Crippen LogP contribution in [0.25, 0.3) is 0 Å². The Morgan fingerprint density at radius 2 is 2.23 bits per heavy atom. The van der Waals surface area contributed by atoms with Crippen molar-refractivity contribution in [3.8, 4) is 0 Å². The summed E-state index contributed by atoms with van der Waals surface area (Å²) < 4.78 is 2.79. The molecule has 5 nitrogen and oxygen atoms in total. The molecule has 0 bridgehead atoms. The van der Waals surface area contributed by atoms with Crippen molar-refractivity contribution in [2.24, 2.45) is 5.92 Å². The van der Waals surface area contributed by atoms with Gasteiger partial charge in [0.25, 0.3) is 0 Å². The monoisotopic (exact) mass is 358 g/mol. The molecule has 0 unspecified atom stereocenters. The van der Waals surface area contributed by atoms with E-state index < -0.39 is 0 Å². The van der Waals surface area contributed by atoms with Crippen LogP contribution in [0, 0.1) is 5.92 Å². The molecule has 0 saturated heterocycles. The Kier molecular flexibility index (Phi) is 3.14. The fraction of sp³-hybridized carbons (Fsp3) is 0.312. The van der Waals surface area contributed by atoms with E-state index in [2.05, 4.69) is 38.3 Å². The second-order valence-corrected chi connectivity index (χ2v) is 6.86. The minimum Gasteiger partial charge on any atom is -0.328 e. The van der Waals surface area contributed by atoms with Crippen LogP contribution in [0.3, 0.4) is 0 Å². The Balaban J connectivity index is 1.92. The van der Waals surface area contributed by atoms with Crippen molar-refractivity contribution in [3.05, 3.63) is 51.9 Å². The number of benzene rings is 1. The fourth-order valence-corrected chi connectivity index (χ4v) is 3.75. The zero-order valence-corrected chi connectivity index (χ0v) is 13.7. The van der Waals surface area contributed by atoms with Crippen molar-refractivity contribution in [2.75, 3.05) is 5.32 Å². The number of halogens is 1. The molecule has 0 fully saturated rings. The first-order valence-corrected chi connectivity index (χ1v) is 8.11. The van der Waals surface area contributed by atoms with E-state index in [9.17, 15) is 4.79 Å². The summed E-state index contributed by atoms with van der Waals surface area (Å²) in [6, 6.07) is 7.83. The first-order chi connectivity index (χ1) is 10.6. The number of nitrogens with zero attached hydrogens (tertiary/aromatic N) is 3. The molecule has 1 aliphatic carbocycles. The van der Waals surface area contributed by atoms with E-state index in [1.54, 1.807) is 4.68 Å². The van der Waals surface area contributed by atoms with E-state index in [0.717, 1.165) is 27.7 Å². The lowest BCUT2D eigenvalue weighted by molar-refractivity contribution is -0.117. The molecule has 0 radical (unpaired) electrons. The van der Waals surface area contributed by atoms with E-state index >= 15 is 0 Å². The Morgan fingerprint density at radius 3 is 3.05 bits per heavy atom. The van der Waals surface area contributed by atoms with Crippen molar-refractivity contribution < 1.29 is 4.79 Å². The first kappa shape index (κ1) is 13.7. The number of fused-ring (bicyclic) bond motifs is 1. The normalized spacial score (nSPS) is 23.8. The average molecular weight is 359 g/mol. The van der Waals surface area contributed by atoms with Crippen LogP contribution in [0.4, 0.5) is 5.95 Å². The number of nitrogens with one attached hydrogen (secondary N) is 1. The number of hydrogen-bond acceptors (Lipinski definition) is 4. The van der Waals surface area contributed by atoms with Crippen molar-refractivity contribution in [1.82, 2.24) is 14.8 Å². The van der Waals surface area contributed by atoms with Gasteiger partial charge in [0, 0.05) is 22.2 Å². The van der Waals surface area contributed by atoms with Gasteiger partial charge in [-0.15, -0.1) is 0 Å². The van der Waals surface area contributed by atoms with E-state index in [4.69, 9.17) is 0 Å². The predicted molar refractivity (Wildman–Crippen MR) is 86.4 cm³/mol. The number of allylic oxidation sites excluding steroid dienone is 2. The van der Waals surface area contributed by atoms with E-state index in [0.29, 0.717) is 18.3 Å². The van der Waals surface area contributed by atoms with Crippen LogP contribution in [0.2, 0.25) is 0 Å². The highest BCUT2D eigenvalue weighted by Crippen LogP contribution is 2.41. The summed E-state index contributed by atoms with van der Waals surface area (Å²) in [5.74, 6) is 1.26.